The van der Waals surface area contributed by atoms with E-state index in [4.69, 9.17) is 109 Å². The van der Waals surface area contributed by atoms with Crippen LogP contribution in [0.4, 0.5) is 21.1 Å². The molecule has 2 aliphatic rings. The number of aromatic nitrogens is 3. The molecule has 0 spiro atoms. The second-order valence-corrected chi connectivity index (χ2v) is 29.9. The molecule has 6 N–H and O–H groups in total. The number of fused-ring (bicyclic) bond motifs is 6. The van der Waals surface area contributed by atoms with Gasteiger partial charge in [-0.2, -0.15) is 0 Å². The smallest absolute Gasteiger partial charge is 0.413 e. The number of aliphatic hydroxyl groups is 1. The van der Waals surface area contributed by atoms with Gasteiger partial charge in [0.05, 0.1) is 181 Å². The molecular formula is C89H124N8O31. The summed E-state index contributed by atoms with van der Waals surface area (Å²) in [5.41, 5.74) is 4.24. The van der Waals surface area contributed by atoms with Crippen LogP contribution in [0, 0.1) is 0 Å². The number of methoxy groups -OCH3 is 1. The van der Waals surface area contributed by atoms with Gasteiger partial charge in [0.25, 0.3) is 0 Å². The Hall–Kier alpha value is -10.2. The first kappa shape index (κ1) is 103. The molecule has 39 heteroatoms. The van der Waals surface area contributed by atoms with Gasteiger partial charge in [0.15, 0.2) is 18.0 Å². The fraction of sp³-hybridized carbons (Fsp3) is 0.584. The number of alkyl carbamates (subject to hydrolysis) is 1. The minimum atomic E-state index is -1.77. The highest BCUT2D eigenvalue weighted by molar-refractivity contribution is 6.09. The van der Waals surface area contributed by atoms with Crippen molar-refractivity contribution in [2.45, 2.75) is 149 Å². The molecule has 5 amide bonds. The summed E-state index contributed by atoms with van der Waals surface area (Å²) in [6.07, 6.45) is -9.46. The molecule has 706 valence electrons. The number of nitrogens with zero attached hydrogens (tertiary/aromatic N) is 3. The van der Waals surface area contributed by atoms with Gasteiger partial charge < -0.3 is 130 Å². The summed E-state index contributed by atoms with van der Waals surface area (Å²) in [5.74, 6) is -5.11. The zero-order chi connectivity index (χ0) is 91.7. The molecule has 6 aromatic rings. The summed E-state index contributed by atoms with van der Waals surface area (Å²) in [6.45, 7) is 18.5. The number of carbonyl (C=O) groups excluding carboxylic acids is 9. The van der Waals surface area contributed by atoms with E-state index in [2.05, 4.69) is 26.6 Å². The molecule has 2 aromatic heterocycles. The van der Waals surface area contributed by atoms with E-state index in [1.807, 2.05) is 72.2 Å². The lowest BCUT2D eigenvalue weighted by molar-refractivity contribution is -0.288. The number of anilines is 2. The lowest BCUT2D eigenvalue weighted by Gasteiger charge is -2.44. The van der Waals surface area contributed by atoms with Gasteiger partial charge in [0.1, 0.15) is 55.7 Å². The normalized spacial score (nSPS) is 15.6. The highest BCUT2D eigenvalue weighted by Crippen LogP contribution is 2.45. The topological polar surface area (TPSA) is 459 Å². The Morgan fingerprint density at radius 3 is 1.57 bits per heavy atom. The van der Waals surface area contributed by atoms with Crippen molar-refractivity contribution in [2.24, 2.45) is 0 Å². The van der Waals surface area contributed by atoms with Crippen LogP contribution < -0.4 is 31.3 Å². The minimum Gasteiger partial charge on any atom is -0.463 e. The average Bonchev–Trinajstić information content (AvgIpc) is 1.60. The molecule has 0 bridgehead atoms. The Morgan fingerprint density at radius 1 is 0.508 bits per heavy atom. The third-order valence-electron chi connectivity index (χ3n) is 19.2. The highest BCUT2D eigenvalue weighted by atomic mass is 16.7. The molecule has 0 saturated carbocycles. The number of carbonyl (C=O) groups is 9. The maximum atomic E-state index is 14.4. The van der Waals surface area contributed by atoms with E-state index in [1.165, 1.54) is 18.2 Å². The molecule has 0 radical (unpaired) electrons. The van der Waals surface area contributed by atoms with E-state index in [0.717, 1.165) is 49.9 Å². The monoisotopic (exact) mass is 1800 g/mol. The van der Waals surface area contributed by atoms with Gasteiger partial charge in [-0.3, -0.25) is 38.9 Å². The number of rotatable bonds is 64. The molecule has 6 atom stereocenters. The number of hydrogen-bond acceptors (Lipinski definition) is 33. The Bertz CT molecular complexity index is 4370. The lowest BCUT2D eigenvalue weighted by Crippen LogP contribution is -2.63. The molecule has 1 aliphatic heterocycles. The number of nitrogens with one attached hydrogen (secondary N) is 5. The van der Waals surface area contributed by atoms with Crippen LogP contribution in [-0.4, -0.2) is 308 Å². The van der Waals surface area contributed by atoms with E-state index in [-0.39, 0.29) is 106 Å². The zero-order valence-corrected chi connectivity index (χ0v) is 74.2. The zero-order valence-electron chi connectivity index (χ0n) is 74.2. The van der Waals surface area contributed by atoms with Crippen LogP contribution >= 0.6 is 0 Å². The number of amides is 5. The number of unbranched alkanes of at least 4 members (excludes halogenated alkanes) is 1. The maximum Gasteiger partial charge on any atom is 0.413 e. The van der Waals surface area contributed by atoms with Gasteiger partial charge in [-0.15, -0.1) is 0 Å². The lowest BCUT2D eigenvalue weighted by atomic mass is 9.98. The molecule has 4 aromatic carbocycles. The van der Waals surface area contributed by atoms with Gasteiger partial charge in [-0.05, 0) is 86.1 Å². The molecule has 39 nitrogen and oxygen atoms in total. The molecule has 1 aliphatic carbocycles. The minimum absolute atomic E-state index is 0.0343. The van der Waals surface area contributed by atoms with Crippen molar-refractivity contribution >= 4 is 87.2 Å². The predicted octanol–water partition coefficient (Wildman–Crippen LogP) is 6.96. The molecule has 0 unspecified atom stereocenters. The summed E-state index contributed by atoms with van der Waals surface area (Å²) in [5, 5.41) is 25.6. The van der Waals surface area contributed by atoms with Gasteiger partial charge in [-0.1, -0.05) is 72.8 Å². The van der Waals surface area contributed by atoms with Crippen molar-refractivity contribution in [2.75, 3.05) is 203 Å². The molecule has 1 saturated heterocycles. The Labute approximate surface area is 743 Å². The van der Waals surface area contributed by atoms with Crippen molar-refractivity contribution in [1.82, 2.24) is 30.5 Å². The first-order valence-electron chi connectivity index (χ1n) is 42.9. The Balaban J connectivity index is 0.803. The summed E-state index contributed by atoms with van der Waals surface area (Å²) < 4.78 is 120. The second kappa shape index (κ2) is 57.7. The SMILES string of the molecule is CCOCc1nc2c(NC(=O)OCc3ccc(O[C@H]4O[C@H](COC(C)=O)[C@@H](OC(C)=O)[C@H](OC(C)=O)[C@@H]4OC(C)=O)c(NC(=O)CCNC(=O)[C@H](CCCCNC(=O)CCOCCOCCOCCOCCOCCOCCOCCOCCOCCOCCOCCOC)NC(=O)OCC4c5ccccc5-c5ccccc54)c3)nc3ccccc3c2n1CC(C)(C)O. The van der Waals surface area contributed by atoms with Gasteiger partial charge >= 0.3 is 36.1 Å². The number of benzene rings is 4. The number of ether oxygens (including phenoxy) is 21. The number of hydrogen-bond donors (Lipinski definition) is 6. The Morgan fingerprint density at radius 2 is 1.03 bits per heavy atom. The van der Waals surface area contributed by atoms with Gasteiger partial charge in [0, 0.05) is 78.6 Å². The van der Waals surface area contributed by atoms with Crippen LogP contribution in [0.25, 0.3) is 33.1 Å². The summed E-state index contributed by atoms with van der Waals surface area (Å²) in [6, 6.07) is 25.9. The third-order valence-corrected chi connectivity index (χ3v) is 19.2. The highest BCUT2D eigenvalue weighted by Gasteiger charge is 2.54. The quantitative estimate of drug-likeness (QED) is 0.0128. The van der Waals surface area contributed by atoms with Crippen LogP contribution in [-0.2, 0) is 148 Å². The van der Waals surface area contributed by atoms with Crippen LogP contribution in [0.15, 0.2) is 91.0 Å². The number of pyridine rings is 1. The maximum absolute atomic E-state index is 14.4. The van der Waals surface area contributed by atoms with Crippen LogP contribution in [0.3, 0.4) is 0 Å². The van der Waals surface area contributed by atoms with Crippen molar-refractivity contribution in [3.05, 3.63) is 114 Å². The first-order valence-corrected chi connectivity index (χ1v) is 42.9. The van der Waals surface area contributed by atoms with E-state index in [9.17, 15) is 48.3 Å². The first-order chi connectivity index (χ1) is 62.0. The van der Waals surface area contributed by atoms with Crippen molar-refractivity contribution < 1.29 is 148 Å². The largest absolute Gasteiger partial charge is 0.463 e. The van der Waals surface area contributed by atoms with Gasteiger partial charge in [-0.25, -0.2) is 19.6 Å². The number of esters is 4. The average molecular weight is 1800 g/mol. The van der Waals surface area contributed by atoms with E-state index in [0.29, 0.717) is 174 Å². The van der Waals surface area contributed by atoms with E-state index in [1.54, 1.807) is 33.1 Å². The van der Waals surface area contributed by atoms with Crippen LogP contribution in [0.2, 0.25) is 0 Å². The summed E-state index contributed by atoms with van der Waals surface area (Å²) >= 11 is 0. The van der Waals surface area contributed by atoms with Crippen molar-refractivity contribution in [1.29, 1.82) is 0 Å². The van der Waals surface area contributed by atoms with Crippen LogP contribution in [0.1, 0.15) is 109 Å². The molecule has 1 fully saturated rings. The number of imidazole rings is 1. The fourth-order valence-corrected chi connectivity index (χ4v) is 13.5. The summed E-state index contributed by atoms with van der Waals surface area (Å²) in [4.78, 5) is 129. The van der Waals surface area contributed by atoms with Gasteiger partial charge in [0.2, 0.25) is 30.1 Å². The molecule has 8 rings (SSSR count). The predicted molar refractivity (Wildman–Crippen MR) is 460 cm³/mol. The standard InChI is InChI=1S/C89H124N8O31/c1-9-109-58-76-95-79-80(97(76)59-89(6,7)107)69-22-14-15-23-71(69)93-84(79)96-88(106)122-55-64-25-26-74(127-86-83(126-63(5)101)82(125-62(4)100)81(124-61(3)99)75(128-86)57-121-60(2)98)73(54-64)92-78(103)27-30-91-85(104)72(94-87(105)123-56-70-67-20-12-10-18-65(67)66-19-11-13-21-68(66)70)24-16-17-29-90-77(102)28-31-110-34-35-112-38-39-114-42-43-116-46-47-118-50-51-120-53-52-119-49-48-117-45-44-115-41-40-113-37-36-111-33-32-108-8/h10-15,18-23,25-26,54,70,72,75,81-83,86,107H,9,16-17,24,27-53,55-59H2,1-8H3,(H,90,102)(H,91,104)(H,92,103)(H,94,105)(H,93,96,106)/t72-,75+,81+,82-,83-,86-/m0/s1. The molecule has 3 heterocycles. The van der Waals surface area contributed by atoms with Crippen LogP contribution in [0.5, 0.6) is 5.75 Å². The number of para-hydroxylation sites is 1. The van der Waals surface area contributed by atoms with Crippen molar-refractivity contribution in [3.8, 4) is 16.9 Å². The van der Waals surface area contributed by atoms with E-state index >= 15 is 0 Å². The summed E-state index contributed by atoms with van der Waals surface area (Å²) in [7, 11) is 1.63. The third kappa shape index (κ3) is 37.1. The molecular weight excluding hydrogens is 1680 g/mol. The molecule has 128 heavy (non-hydrogen) atoms. The second-order valence-electron chi connectivity index (χ2n) is 29.9. The Kier molecular flexibility index (Phi) is 46.5. The fourth-order valence-electron chi connectivity index (χ4n) is 13.5. The van der Waals surface area contributed by atoms with Crippen molar-refractivity contribution in [3.63, 3.8) is 0 Å². The van der Waals surface area contributed by atoms with E-state index < -0.39 is 110 Å².